The van der Waals surface area contributed by atoms with Crippen LogP contribution < -0.4 is 5.32 Å². The van der Waals surface area contributed by atoms with Gasteiger partial charge in [0.25, 0.3) is 5.89 Å². The van der Waals surface area contributed by atoms with Crippen molar-refractivity contribution in [3.05, 3.63) is 54.3 Å². The predicted octanol–water partition coefficient (Wildman–Crippen LogP) is 4.76. The summed E-state index contributed by atoms with van der Waals surface area (Å²) in [5.74, 6) is 0.887. The first-order valence-corrected chi connectivity index (χ1v) is 8.99. The number of hydrogen-bond acceptors (Lipinski definition) is 5. The second-order valence-corrected chi connectivity index (χ2v) is 6.73. The van der Waals surface area contributed by atoms with Crippen molar-refractivity contribution in [2.75, 3.05) is 18.4 Å². The molecule has 0 bridgehead atoms. The van der Waals surface area contributed by atoms with E-state index < -0.39 is 17.8 Å². The van der Waals surface area contributed by atoms with Crippen LogP contribution in [0.3, 0.4) is 0 Å². The standard InChI is InChI=1S/C19H17F3N4O3/c20-19(21,22)14-2-1-3-15(10-14)23-18(27)26-7-4-12(5-8-26)16-24-25-17(29-16)13-6-9-28-11-13/h1-3,6,9-12H,4-5,7-8H2,(H,23,27). The highest BCUT2D eigenvalue weighted by Gasteiger charge is 2.31. The maximum Gasteiger partial charge on any atom is 0.416 e. The van der Waals surface area contributed by atoms with Gasteiger partial charge in [-0.3, -0.25) is 0 Å². The Morgan fingerprint density at radius 2 is 1.97 bits per heavy atom. The number of benzene rings is 1. The van der Waals surface area contributed by atoms with Crippen molar-refractivity contribution in [2.45, 2.75) is 24.9 Å². The van der Waals surface area contributed by atoms with Crippen molar-refractivity contribution in [3.8, 4) is 11.5 Å². The number of carbonyl (C=O) groups excluding carboxylic acids is 1. The van der Waals surface area contributed by atoms with Gasteiger partial charge in [0.05, 0.1) is 17.4 Å². The van der Waals surface area contributed by atoms with Gasteiger partial charge in [-0.1, -0.05) is 6.07 Å². The Morgan fingerprint density at radius 1 is 1.17 bits per heavy atom. The van der Waals surface area contributed by atoms with Crippen molar-refractivity contribution in [2.24, 2.45) is 0 Å². The van der Waals surface area contributed by atoms with Gasteiger partial charge in [0.2, 0.25) is 5.89 Å². The van der Waals surface area contributed by atoms with E-state index in [4.69, 9.17) is 8.83 Å². The Balaban J connectivity index is 1.34. The summed E-state index contributed by atoms with van der Waals surface area (Å²) in [4.78, 5) is 14.0. The average Bonchev–Trinajstić information content (AvgIpc) is 3.39. The molecule has 0 atom stereocenters. The van der Waals surface area contributed by atoms with Crippen LogP contribution in [0.5, 0.6) is 0 Å². The van der Waals surface area contributed by atoms with E-state index in [1.165, 1.54) is 24.7 Å². The zero-order chi connectivity index (χ0) is 20.4. The predicted molar refractivity (Wildman–Crippen MR) is 96.0 cm³/mol. The monoisotopic (exact) mass is 406 g/mol. The molecule has 10 heteroatoms. The van der Waals surface area contributed by atoms with Crippen molar-refractivity contribution in [1.82, 2.24) is 15.1 Å². The number of piperidine rings is 1. The molecule has 1 aliphatic heterocycles. The van der Waals surface area contributed by atoms with Gasteiger partial charge >= 0.3 is 12.2 Å². The van der Waals surface area contributed by atoms with Crippen molar-refractivity contribution in [1.29, 1.82) is 0 Å². The minimum Gasteiger partial charge on any atom is -0.472 e. The third-order valence-electron chi connectivity index (χ3n) is 4.78. The normalized spacial score (nSPS) is 15.5. The van der Waals surface area contributed by atoms with E-state index in [0.717, 1.165) is 12.1 Å². The number of carbonyl (C=O) groups is 1. The molecular formula is C19H17F3N4O3. The molecule has 3 heterocycles. The lowest BCUT2D eigenvalue weighted by atomic mass is 9.97. The molecule has 4 rings (SSSR count). The van der Waals surface area contributed by atoms with Gasteiger partial charge in [-0.25, -0.2) is 4.79 Å². The molecule has 0 aliphatic carbocycles. The number of nitrogens with zero attached hydrogens (tertiary/aromatic N) is 3. The number of hydrogen-bond donors (Lipinski definition) is 1. The molecular weight excluding hydrogens is 389 g/mol. The Kier molecular flexibility index (Phi) is 4.99. The van der Waals surface area contributed by atoms with Gasteiger partial charge in [0, 0.05) is 24.7 Å². The lowest BCUT2D eigenvalue weighted by Crippen LogP contribution is -2.40. The highest BCUT2D eigenvalue weighted by molar-refractivity contribution is 5.89. The van der Waals surface area contributed by atoms with Gasteiger partial charge in [0.1, 0.15) is 6.26 Å². The van der Waals surface area contributed by atoms with Crippen LogP contribution >= 0.6 is 0 Å². The number of likely N-dealkylation sites (tertiary alicyclic amines) is 1. The smallest absolute Gasteiger partial charge is 0.416 e. The number of rotatable bonds is 3. The van der Waals surface area contributed by atoms with Crippen molar-refractivity contribution in [3.63, 3.8) is 0 Å². The van der Waals surface area contributed by atoms with Crippen molar-refractivity contribution < 1.29 is 26.8 Å². The van der Waals surface area contributed by atoms with Gasteiger partial charge < -0.3 is 19.1 Å². The van der Waals surface area contributed by atoms with E-state index in [2.05, 4.69) is 15.5 Å². The summed E-state index contributed by atoms with van der Waals surface area (Å²) in [6.07, 6.45) is -0.205. The van der Waals surface area contributed by atoms with Gasteiger partial charge in [0.15, 0.2) is 0 Å². The van der Waals surface area contributed by atoms with Crippen LogP contribution in [0, 0.1) is 0 Å². The molecule has 0 radical (unpaired) electrons. The van der Waals surface area contributed by atoms with E-state index in [-0.39, 0.29) is 11.6 Å². The summed E-state index contributed by atoms with van der Waals surface area (Å²) in [5.41, 5.74) is -0.00548. The number of urea groups is 1. The highest BCUT2D eigenvalue weighted by atomic mass is 19.4. The molecule has 1 aromatic carbocycles. The summed E-state index contributed by atoms with van der Waals surface area (Å²) < 4.78 is 49.1. The molecule has 29 heavy (non-hydrogen) atoms. The molecule has 1 saturated heterocycles. The minimum absolute atomic E-state index is 0.0146. The topological polar surface area (TPSA) is 84.4 Å². The molecule has 3 aromatic rings. The first kappa shape index (κ1) is 19.0. The fourth-order valence-electron chi connectivity index (χ4n) is 3.21. The van der Waals surface area contributed by atoms with E-state index in [1.54, 1.807) is 11.0 Å². The quantitative estimate of drug-likeness (QED) is 0.678. The Hall–Kier alpha value is -3.30. The number of nitrogens with one attached hydrogen (secondary N) is 1. The fraction of sp³-hybridized carbons (Fsp3) is 0.316. The van der Waals surface area contributed by atoms with Crippen LogP contribution in [0.25, 0.3) is 11.5 Å². The zero-order valence-corrected chi connectivity index (χ0v) is 15.1. The summed E-state index contributed by atoms with van der Waals surface area (Å²) in [7, 11) is 0. The summed E-state index contributed by atoms with van der Waals surface area (Å²) >= 11 is 0. The molecule has 0 spiro atoms. The first-order chi connectivity index (χ1) is 13.9. The van der Waals surface area contributed by atoms with Gasteiger partial charge in [-0.15, -0.1) is 10.2 Å². The number of furan rings is 1. The minimum atomic E-state index is -4.46. The summed E-state index contributed by atoms with van der Waals surface area (Å²) in [6, 6.07) is 5.85. The Labute approximate surface area is 163 Å². The number of anilines is 1. The van der Waals surface area contributed by atoms with Crippen LogP contribution in [0.1, 0.15) is 30.2 Å². The lowest BCUT2D eigenvalue weighted by Gasteiger charge is -2.30. The lowest BCUT2D eigenvalue weighted by molar-refractivity contribution is -0.137. The molecule has 1 N–H and O–H groups in total. The Bertz CT molecular complexity index is 977. The van der Waals surface area contributed by atoms with E-state index in [9.17, 15) is 18.0 Å². The fourth-order valence-corrected chi connectivity index (χ4v) is 3.21. The average molecular weight is 406 g/mol. The van der Waals surface area contributed by atoms with E-state index in [1.807, 2.05) is 0 Å². The molecule has 0 unspecified atom stereocenters. The molecule has 0 saturated carbocycles. The zero-order valence-electron chi connectivity index (χ0n) is 15.1. The van der Waals surface area contributed by atoms with Crippen LogP contribution in [-0.2, 0) is 6.18 Å². The van der Waals surface area contributed by atoms with Crippen LogP contribution in [0.15, 0.2) is 51.7 Å². The summed E-state index contributed by atoms with van der Waals surface area (Å²) in [6.45, 7) is 0.859. The molecule has 152 valence electrons. The molecule has 1 aliphatic rings. The molecule has 2 amide bonds. The highest BCUT2D eigenvalue weighted by Crippen LogP contribution is 2.32. The summed E-state index contributed by atoms with van der Waals surface area (Å²) in [5, 5.41) is 10.6. The first-order valence-electron chi connectivity index (χ1n) is 8.99. The SMILES string of the molecule is O=C(Nc1cccc(C(F)(F)F)c1)N1CCC(c2nnc(-c3ccoc3)o2)CC1. The van der Waals surface area contributed by atoms with Crippen LogP contribution in [0.2, 0.25) is 0 Å². The Morgan fingerprint density at radius 3 is 2.66 bits per heavy atom. The second kappa shape index (κ2) is 7.61. The van der Waals surface area contributed by atoms with Crippen molar-refractivity contribution >= 4 is 11.7 Å². The number of amides is 2. The second-order valence-electron chi connectivity index (χ2n) is 6.73. The van der Waals surface area contributed by atoms with Gasteiger partial charge in [-0.2, -0.15) is 13.2 Å². The third kappa shape index (κ3) is 4.25. The maximum atomic E-state index is 12.8. The molecule has 1 fully saturated rings. The van der Waals surface area contributed by atoms with Crippen LogP contribution in [-0.4, -0.2) is 34.2 Å². The maximum absolute atomic E-state index is 12.8. The van der Waals surface area contributed by atoms with E-state index >= 15 is 0 Å². The molecule has 7 nitrogen and oxygen atoms in total. The number of alkyl halides is 3. The number of aromatic nitrogens is 2. The van der Waals surface area contributed by atoms with Crippen LogP contribution in [0.4, 0.5) is 23.7 Å². The number of halogens is 3. The largest absolute Gasteiger partial charge is 0.472 e. The van der Waals surface area contributed by atoms with Gasteiger partial charge in [-0.05, 0) is 37.1 Å². The van der Waals surface area contributed by atoms with E-state index in [0.29, 0.717) is 43.3 Å². The third-order valence-corrected chi connectivity index (χ3v) is 4.78. The molecule has 2 aromatic heterocycles.